The molecule has 0 unspecified atom stereocenters. The van der Waals surface area contributed by atoms with Gasteiger partial charge in [-0.05, 0) is 42.3 Å². The normalized spacial score (nSPS) is 10.4. The van der Waals surface area contributed by atoms with Gasteiger partial charge in [0.2, 0.25) is 0 Å². The highest BCUT2D eigenvalue weighted by molar-refractivity contribution is 6.00. The van der Waals surface area contributed by atoms with Crippen LogP contribution in [-0.4, -0.2) is 38.7 Å². The molecule has 2 aromatic carbocycles. The maximum atomic E-state index is 12.4. The predicted molar refractivity (Wildman–Crippen MR) is 106 cm³/mol. The van der Waals surface area contributed by atoms with Crippen LogP contribution in [-0.2, 0) is 4.74 Å². The van der Waals surface area contributed by atoms with E-state index in [0.717, 1.165) is 0 Å². The summed E-state index contributed by atoms with van der Waals surface area (Å²) in [5.41, 5.74) is 5.52. The van der Waals surface area contributed by atoms with Crippen LogP contribution in [0.2, 0.25) is 0 Å². The summed E-state index contributed by atoms with van der Waals surface area (Å²) in [5.74, 6) is 0.619. The van der Waals surface area contributed by atoms with Gasteiger partial charge in [-0.3, -0.25) is 20.4 Å². The first-order valence-corrected chi connectivity index (χ1v) is 9.05. The number of carbonyl (C=O) groups is 2. The SMILES string of the molecule is COCCOc1ccccc1C(=O)NNC(=O)c1ccc(OCC(C)C)cc1. The van der Waals surface area contributed by atoms with Crippen LogP contribution in [0.15, 0.2) is 48.5 Å². The lowest BCUT2D eigenvalue weighted by molar-refractivity contribution is 0.0842. The Morgan fingerprint density at radius 2 is 1.57 bits per heavy atom. The molecule has 0 fully saturated rings. The van der Waals surface area contributed by atoms with Crippen LogP contribution in [0.4, 0.5) is 0 Å². The maximum Gasteiger partial charge on any atom is 0.273 e. The van der Waals surface area contributed by atoms with Crippen LogP contribution in [0.25, 0.3) is 0 Å². The minimum Gasteiger partial charge on any atom is -0.493 e. The monoisotopic (exact) mass is 386 g/mol. The molecular weight excluding hydrogens is 360 g/mol. The summed E-state index contributed by atoms with van der Waals surface area (Å²) in [5, 5.41) is 0. The Morgan fingerprint density at radius 3 is 2.25 bits per heavy atom. The molecular formula is C21H26N2O5. The minimum atomic E-state index is -0.474. The molecule has 7 heteroatoms. The van der Waals surface area contributed by atoms with E-state index in [2.05, 4.69) is 24.7 Å². The Labute approximate surface area is 165 Å². The number of hydrogen-bond donors (Lipinski definition) is 2. The van der Waals surface area contributed by atoms with Crippen molar-refractivity contribution in [3.05, 3.63) is 59.7 Å². The summed E-state index contributed by atoms with van der Waals surface area (Å²) >= 11 is 0. The Hall–Kier alpha value is -3.06. The smallest absolute Gasteiger partial charge is 0.273 e. The standard InChI is InChI=1S/C21H26N2O5/c1-15(2)14-28-17-10-8-16(9-11-17)20(24)22-23-21(25)18-6-4-5-7-19(18)27-13-12-26-3/h4-11,15H,12-14H2,1-3H3,(H,22,24)(H,23,25). The van der Waals surface area contributed by atoms with E-state index in [1.54, 1.807) is 55.6 Å². The van der Waals surface area contributed by atoms with Crippen molar-refractivity contribution in [1.29, 1.82) is 0 Å². The van der Waals surface area contributed by atoms with Gasteiger partial charge in [0.15, 0.2) is 0 Å². The summed E-state index contributed by atoms with van der Waals surface area (Å²) in [7, 11) is 1.57. The van der Waals surface area contributed by atoms with Crippen molar-refractivity contribution in [3.63, 3.8) is 0 Å². The average molecular weight is 386 g/mol. The Bertz CT molecular complexity index is 775. The van der Waals surface area contributed by atoms with Crippen LogP contribution in [0.5, 0.6) is 11.5 Å². The zero-order chi connectivity index (χ0) is 20.4. The lowest BCUT2D eigenvalue weighted by Gasteiger charge is -2.12. The van der Waals surface area contributed by atoms with Crippen LogP contribution in [0.3, 0.4) is 0 Å². The van der Waals surface area contributed by atoms with Crippen molar-refractivity contribution in [2.45, 2.75) is 13.8 Å². The number of amides is 2. The number of carbonyl (C=O) groups excluding carboxylic acids is 2. The third kappa shape index (κ3) is 6.59. The van der Waals surface area contributed by atoms with E-state index < -0.39 is 11.8 Å². The molecule has 0 aromatic heterocycles. The molecule has 2 rings (SSSR count). The van der Waals surface area contributed by atoms with E-state index in [4.69, 9.17) is 14.2 Å². The van der Waals surface area contributed by atoms with Gasteiger partial charge in [0.25, 0.3) is 11.8 Å². The predicted octanol–water partition coefficient (Wildman–Crippen LogP) is 2.82. The third-order valence-corrected chi connectivity index (χ3v) is 3.67. The number of hydrazine groups is 1. The van der Waals surface area contributed by atoms with Gasteiger partial charge in [-0.15, -0.1) is 0 Å². The van der Waals surface area contributed by atoms with Gasteiger partial charge in [-0.25, -0.2) is 0 Å². The third-order valence-electron chi connectivity index (χ3n) is 3.67. The largest absolute Gasteiger partial charge is 0.493 e. The van der Waals surface area contributed by atoms with Crippen molar-refractivity contribution in [1.82, 2.24) is 10.9 Å². The van der Waals surface area contributed by atoms with E-state index in [1.807, 2.05) is 0 Å². The molecule has 0 saturated carbocycles. The number of nitrogens with one attached hydrogen (secondary N) is 2. The number of para-hydroxylation sites is 1. The second kappa shape index (κ2) is 10.9. The van der Waals surface area contributed by atoms with Gasteiger partial charge >= 0.3 is 0 Å². The van der Waals surface area contributed by atoms with Gasteiger partial charge in [-0.1, -0.05) is 26.0 Å². The fraction of sp³-hybridized carbons (Fsp3) is 0.333. The highest BCUT2D eigenvalue weighted by Gasteiger charge is 2.13. The molecule has 2 N–H and O–H groups in total. The van der Waals surface area contributed by atoms with E-state index in [1.165, 1.54) is 0 Å². The molecule has 150 valence electrons. The van der Waals surface area contributed by atoms with Gasteiger partial charge in [0.05, 0.1) is 18.8 Å². The van der Waals surface area contributed by atoms with E-state index in [-0.39, 0.29) is 0 Å². The molecule has 0 aliphatic heterocycles. The van der Waals surface area contributed by atoms with Crippen molar-refractivity contribution in [2.24, 2.45) is 5.92 Å². The molecule has 2 amide bonds. The average Bonchev–Trinajstić information content (AvgIpc) is 2.71. The van der Waals surface area contributed by atoms with Crippen molar-refractivity contribution < 1.29 is 23.8 Å². The van der Waals surface area contributed by atoms with E-state index >= 15 is 0 Å². The van der Waals surface area contributed by atoms with Crippen molar-refractivity contribution in [2.75, 3.05) is 26.9 Å². The zero-order valence-electron chi connectivity index (χ0n) is 16.4. The van der Waals surface area contributed by atoms with E-state index in [0.29, 0.717) is 48.4 Å². The molecule has 0 radical (unpaired) electrons. The lowest BCUT2D eigenvalue weighted by Crippen LogP contribution is -2.41. The molecule has 0 bridgehead atoms. The van der Waals surface area contributed by atoms with Crippen LogP contribution < -0.4 is 20.3 Å². The summed E-state index contributed by atoms with van der Waals surface area (Å²) in [6.07, 6.45) is 0. The summed E-state index contributed by atoms with van der Waals surface area (Å²) < 4.78 is 16.1. The highest BCUT2D eigenvalue weighted by atomic mass is 16.5. The molecule has 0 aliphatic rings. The second-order valence-electron chi connectivity index (χ2n) is 6.47. The number of rotatable bonds is 9. The molecule has 0 atom stereocenters. The molecule has 0 spiro atoms. The zero-order valence-corrected chi connectivity index (χ0v) is 16.4. The molecule has 28 heavy (non-hydrogen) atoms. The molecule has 0 aliphatic carbocycles. The Balaban J connectivity index is 1.91. The van der Waals surface area contributed by atoms with Gasteiger partial charge in [-0.2, -0.15) is 0 Å². The summed E-state index contributed by atoms with van der Waals surface area (Å²) in [6.45, 7) is 5.45. The van der Waals surface area contributed by atoms with Crippen LogP contribution in [0.1, 0.15) is 34.6 Å². The number of hydrogen-bond acceptors (Lipinski definition) is 5. The van der Waals surface area contributed by atoms with Crippen LogP contribution in [0, 0.1) is 5.92 Å². The fourth-order valence-electron chi connectivity index (χ4n) is 2.23. The van der Waals surface area contributed by atoms with Crippen molar-refractivity contribution in [3.8, 4) is 11.5 Å². The molecule has 7 nitrogen and oxygen atoms in total. The highest BCUT2D eigenvalue weighted by Crippen LogP contribution is 2.17. The first-order chi connectivity index (χ1) is 13.5. The topological polar surface area (TPSA) is 85.9 Å². The minimum absolute atomic E-state index is 0.316. The van der Waals surface area contributed by atoms with E-state index in [9.17, 15) is 9.59 Å². The first-order valence-electron chi connectivity index (χ1n) is 9.05. The van der Waals surface area contributed by atoms with Gasteiger partial charge < -0.3 is 14.2 Å². The molecule has 2 aromatic rings. The number of ether oxygens (including phenoxy) is 3. The fourth-order valence-corrected chi connectivity index (χ4v) is 2.23. The quantitative estimate of drug-likeness (QED) is 0.511. The Morgan fingerprint density at radius 1 is 0.893 bits per heavy atom. The number of methoxy groups -OCH3 is 1. The first kappa shape index (κ1) is 21.2. The van der Waals surface area contributed by atoms with Gasteiger partial charge in [0.1, 0.15) is 18.1 Å². The number of benzene rings is 2. The molecule has 0 saturated heterocycles. The summed E-state index contributed by atoms with van der Waals surface area (Å²) in [4.78, 5) is 24.6. The second-order valence-corrected chi connectivity index (χ2v) is 6.47. The maximum absolute atomic E-state index is 12.4. The summed E-state index contributed by atoms with van der Waals surface area (Å²) in [6, 6.07) is 13.5. The van der Waals surface area contributed by atoms with Gasteiger partial charge in [0, 0.05) is 12.7 Å². The van der Waals surface area contributed by atoms with Crippen LogP contribution >= 0.6 is 0 Å². The molecule has 0 heterocycles. The Kier molecular flexibility index (Phi) is 8.30. The lowest BCUT2D eigenvalue weighted by atomic mass is 10.2. The van der Waals surface area contributed by atoms with Crippen molar-refractivity contribution >= 4 is 11.8 Å².